The van der Waals surface area contributed by atoms with Crippen molar-refractivity contribution in [2.24, 2.45) is 5.41 Å². The molecule has 0 N–H and O–H groups in total. The maximum Gasteiger partial charge on any atom is 0.312 e. The van der Waals surface area contributed by atoms with Crippen molar-refractivity contribution in [2.45, 2.75) is 46.5 Å². The van der Waals surface area contributed by atoms with E-state index in [2.05, 4.69) is 24.1 Å². The fourth-order valence-corrected chi connectivity index (χ4v) is 4.12. The van der Waals surface area contributed by atoms with Crippen LogP contribution in [0.15, 0.2) is 12.1 Å². The quantitative estimate of drug-likeness (QED) is 0.730. The topological polar surface area (TPSA) is 49.9 Å². The van der Waals surface area contributed by atoms with Gasteiger partial charge in [0, 0.05) is 40.0 Å². The van der Waals surface area contributed by atoms with Crippen molar-refractivity contribution in [1.29, 1.82) is 0 Å². The van der Waals surface area contributed by atoms with E-state index in [1.54, 1.807) is 0 Å². The molecule has 5 heteroatoms. The number of rotatable bonds is 6. The van der Waals surface area contributed by atoms with Gasteiger partial charge in [-0.15, -0.1) is 0 Å². The van der Waals surface area contributed by atoms with Gasteiger partial charge in [0.1, 0.15) is 5.78 Å². The summed E-state index contributed by atoms with van der Waals surface area (Å²) >= 11 is 0. The first-order valence-corrected chi connectivity index (χ1v) is 9.27. The second kappa shape index (κ2) is 8.31. The zero-order valence-electron chi connectivity index (χ0n) is 17.0. The van der Waals surface area contributed by atoms with Gasteiger partial charge in [0.25, 0.3) is 0 Å². The highest BCUT2D eigenvalue weighted by Gasteiger charge is 2.44. The number of aryl methyl sites for hydroxylation is 3. The average molecular weight is 360 g/mol. The van der Waals surface area contributed by atoms with Crippen LogP contribution in [0, 0.1) is 26.2 Å². The molecule has 0 unspecified atom stereocenters. The van der Waals surface area contributed by atoms with E-state index in [-0.39, 0.29) is 18.2 Å². The van der Waals surface area contributed by atoms with E-state index in [0.29, 0.717) is 19.3 Å². The number of esters is 1. The van der Waals surface area contributed by atoms with Crippen molar-refractivity contribution in [3.8, 4) is 0 Å². The maximum absolute atomic E-state index is 12.9. The predicted molar refractivity (Wildman–Crippen MR) is 103 cm³/mol. The van der Waals surface area contributed by atoms with Crippen LogP contribution in [0.4, 0.5) is 0 Å². The summed E-state index contributed by atoms with van der Waals surface area (Å²) in [6.07, 6.45) is 1.94. The molecule has 144 valence electrons. The van der Waals surface area contributed by atoms with E-state index in [1.165, 1.54) is 12.7 Å². The lowest BCUT2D eigenvalue weighted by Crippen LogP contribution is -2.50. The molecule has 0 atom stereocenters. The summed E-state index contributed by atoms with van der Waals surface area (Å²) < 4.78 is 5.08. The van der Waals surface area contributed by atoms with Gasteiger partial charge in [0.05, 0.1) is 12.5 Å². The predicted octanol–water partition coefficient (Wildman–Crippen LogP) is 2.85. The van der Waals surface area contributed by atoms with Gasteiger partial charge in [-0.3, -0.25) is 9.59 Å². The van der Waals surface area contributed by atoms with Crippen molar-refractivity contribution >= 4 is 11.8 Å². The lowest BCUT2D eigenvalue weighted by atomic mass is 9.74. The van der Waals surface area contributed by atoms with Crippen LogP contribution in [0.1, 0.15) is 41.5 Å². The molecule has 0 saturated carbocycles. The molecular weight excluding hydrogens is 328 g/mol. The fourth-order valence-electron chi connectivity index (χ4n) is 4.12. The van der Waals surface area contributed by atoms with E-state index in [1.807, 2.05) is 33.0 Å². The zero-order chi connectivity index (χ0) is 19.5. The summed E-state index contributed by atoms with van der Waals surface area (Å²) in [5.41, 5.74) is 3.89. The van der Waals surface area contributed by atoms with Gasteiger partial charge in [-0.1, -0.05) is 17.7 Å². The van der Waals surface area contributed by atoms with Gasteiger partial charge in [-0.2, -0.15) is 0 Å². The standard InChI is InChI=1S/C21H32N2O3/c1-15-11-16(2)19(17(3)12-15)13-18(24)14-21(20(25)26-6)7-9-23(10-8-21)22(4)5/h11-12H,7-10,13-14H2,1-6H3. The van der Waals surface area contributed by atoms with Crippen LogP contribution in [0.5, 0.6) is 0 Å². The molecule has 1 aromatic carbocycles. The first kappa shape index (κ1) is 20.6. The Hall–Kier alpha value is -1.72. The van der Waals surface area contributed by atoms with Crippen molar-refractivity contribution in [1.82, 2.24) is 10.0 Å². The van der Waals surface area contributed by atoms with Crippen LogP contribution in [0.3, 0.4) is 0 Å². The molecule has 5 nitrogen and oxygen atoms in total. The smallest absolute Gasteiger partial charge is 0.312 e. The molecule has 0 amide bonds. The van der Waals surface area contributed by atoms with Crippen LogP contribution in [0.25, 0.3) is 0 Å². The highest BCUT2D eigenvalue weighted by Crippen LogP contribution is 2.37. The Balaban J connectivity index is 2.14. The van der Waals surface area contributed by atoms with E-state index >= 15 is 0 Å². The Morgan fingerprint density at radius 2 is 1.65 bits per heavy atom. The number of carbonyl (C=O) groups is 2. The van der Waals surface area contributed by atoms with Crippen LogP contribution in [-0.4, -0.2) is 56.1 Å². The summed E-state index contributed by atoms with van der Waals surface area (Å²) in [4.78, 5) is 25.4. The number of Topliss-reactive ketones (excluding diaryl/α,β-unsaturated/α-hetero) is 1. The molecule has 1 aromatic rings. The van der Waals surface area contributed by atoms with Crippen molar-refractivity contribution in [3.63, 3.8) is 0 Å². The molecule has 0 radical (unpaired) electrons. The number of ether oxygens (including phenoxy) is 1. The molecular formula is C21H32N2O3. The normalized spacial score (nSPS) is 17.3. The summed E-state index contributed by atoms with van der Waals surface area (Å²) in [6.45, 7) is 7.69. The van der Waals surface area contributed by atoms with Crippen LogP contribution >= 0.6 is 0 Å². The number of nitrogens with zero attached hydrogens (tertiary/aromatic N) is 2. The molecule has 1 saturated heterocycles. The number of methoxy groups -OCH3 is 1. The summed E-state index contributed by atoms with van der Waals surface area (Å²) in [7, 11) is 5.42. The monoisotopic (exact) mass is 360 g/mol. The number of benzene rings is 1. The Bertz CT molecular complexity index is 651. The van der Waals surface area contributed by atoms with Crippen LogP contribution in [-0.2, 0) is 20.7 Å². The number of piperidine rings is 1. The first-order valence-electron chi connectivity index (χ1n) is 9.27. The second-order valence-electron chi connectivity index (χ2n) is 7.84. The van der Waals surface area contributed by atoms with E-state index in [9.17, 15) is 9.59 Å². The van der Waals surface area contributed by atoms with Gasteiger partial charge >= 0.3 is 5.97 Å². The Morgan fingerprint density at radius 1 is 1.12 bits per heavy atom. The first-order chi connectivity index (χ1) is 12.2. The lowest BCUT2D eigenvalue weighted by Gasteiger charge is -2.41. The summed E-state index contributed by atoms with van der Waals surface area (Å²) in [6, 6.07) is 4.22. The summed E-state index contributed by atoms with van der Waals surface area (Å²) in [5.74, 6) is -0.134. The maximum atomic E-state index is 12.9. The lowest BCUT2D eigenvalue weighted by molar-refractivity contribution is -0.161. The molecule has 2 rings (SSSR count). The molecule has 0 spiro atoms. The molecule has 1 heterocycles. The number of hydrazine groups is 1. The molecule has 0 bridgehead atoms. The molecule has 0 aliphatic carbocycles. The molecule has 26 heavy (non-hydrogen) atoms. The highest BCUT2D eigenvalue weighted by atomic mass is 16.5. The van der Waals surface area contributed by atoms with E-state index in [4.69, 9.17) is 4.74 Å². The minimum absolute atomic E-state index is 0.115. The van der Waals surface area contributed by atoms with Gasteiger partial charge in [0.2, 0.25) is 0 Å². The van der Waals surface area contributed by atoms with E-state index < -0.39 is 5.41 Å². The number of hydrogen-bond donors (Lipinski definition) is 0. The SMILES string of the molecule is COC(=O)C1(CC(=O)Cc2c(C)cc(C)cc2C)CCN(N(C)C)CC1. The molecule has 1 aliphatic rings. The third kappa shape index (κ3) is 4.51. The van der Waals surface area contributed by atoms with Crippen molar-refractivity contribution in [3.05, 3.63) is 34.4 Å². The minimum Gasteiger partial charge on any atom is -0.469 e. The van der Waals surface area contributed by atoms with Crippen LogP contribution < -0.4 is 0 Å². The van der Waals surface area contributed by atoms with Gasteiger partial charge < -0.3 is 4.74 Å². The van der Waals surface area contributed by atoms with Crippen LogP contribution in [0.2, 0.25) is 0 Å². The Morgan fingerprint density at radius 3 is 2.12 bits per heavy atom. The molecule has 0 aromatic heterocycles. The van der Waals surface area contributed by atoms with Crippen molar-refractivity contribution < 1.29 is 14.3 Å². The van der Waals surface area contributed by atoms with Crippen molar-refractivity contribution in [2.75, 3.05) is 34.3 Å². The zero-order valence-corrected chi connectivity index (χ0v) is 17.0. The molecule has 1 aliphatic heterocycles. The largest absolute Gasteiger partial charge is 0.469 e. The van der Waals surface area contributed by atoms with Gasteiger partial charge in [-0.05, 0) is 50.3 Å². The third-order valence-electron chi connectivity index (χ3n) is 5.63. The van der Waals surface area contributed by atoms with Gasteiger partial charge in [0.15, 0.2) is 0 Å². The van der Waals surface area contributed by atoms with E-state index in [0.717, 1.165) is 29.8 Å². The molecule has 1 fully saturated rings. The number of carbonyl (C=O) groups excluding carboxylic acids is 2. The number of ketones is 1. The highest BCUT2D eigenvalue weighted by molar-refractivity contribution is 5.88. The minimum atomic E-state index is -0.690. The Kier molecular flexibility index (Phi) is 6.58. The second-order valence-corrected chi connectivity index (χ2v) is 7.84. The summed E-state index contributed by atoms with van der Waals surface area (Å²) in [5, 5.41) is 4.24. The fraction of sp³-hybridized carbons (Fsp3) is 0.619. The Labute approximate surface area is 157 Å². The average Bonchev–Trinajstić information content (AvgIpc) is 2.57. The third-order valence-corrected chi connectivity index (χ3v) is 5.63. The number of hydrogen-bond acceptors (Lipinski definition) is 5. The van der Waals surface area contributed by atoms with Gasteiger partial charge in [-0.25, -0.2) is 10.0 Å².